The zero-order valence-corrected chi connectivity index (χ0v) is 8.50. The lowest BCUT2D eigenvalue weighted by molar-refractivity contribution is 0.0700. The van der Waals surface area contributed by atoms with Gasteiger partial charge in [0.15, 0.2) is 0 Å². The van der Waals surface area contributed by atoms with E-state index >= 15 is 0 Å². The molecule has 1 unspecified atom stereocenters. The first kappa shape index (κ1) is 10.6. The van der Waals surface area contributed by atoms with Gasteiger partial charge in [-0.3, -0.25) is 0 Å². The summed E-state index contributed by atoms with van der Waals surface area (Å²) in [5, 5.41) is 9.80. The second-order valence-corrected chi connectivity index (χ2v) is 4.33. The van der Waals surface area contributed by atoms with E-state index in [1.54, 1.807) is 0 Å². The van der Waals surface area contributed by atoms with Crippen LogP contribution in [-0.2, 0) is 0 Å². The minimum atomic E-state index is -0.149. The van der Waals surface area contributed by atoms with Crippen LogP contribution in [0.15, 0.2) is 0 Å². The molecule has 0 amide bonds. The third-order valence-electron chi connectivity index (χ3n) is 3.19. The predicted molar refractivity (Wildman–Crippen MR) is 55.2 cm³/mol. The molecule has 1 fully saturated rings. The molecule has 74 valence electrons. The molecule has 1 atom stereocenters. The lowest BCUT2D eigenvalue weighted by Gasteiger charge is -2.29. The van der Waals surface area contributed by atoms with Gasteiger partial charge >= 0.3 is 0 Å². The van der Waals surface area contributed by atoms with Crippen LogP contribution in [-0.4, -0.2) is 11.2 Å². The van der Waals surface area contributed by atoms with E-state index in [2.05, 4.69) is 12.8 Å². The van der Waals surface area contributed by atoms with E-state index in [4.69, 9.17) is 6.42 Å². The van der Waals surface area contributed by atoms with E-state index in [0.29, 0.717) is 12.3 Å². The molecule has 0 aromatic rings. The van der Waals surface area contributed by atoms with Crippen LogP contribution in [0.1, 0.15) is 45.4 Å². The Bertz CT molecular complexity index is 172. The van der Waals surface area contributed by atoms with Crippen molar-refractivity contribution in [2.24, 2.45) is 11.8 Å². The van der Waals surface area contributed by atoms with Gasteiger partial charge in [-0.25, -0.2) is 0 Å². The molecule has 1 heteroatoms. The molecule has 1 nitrogen and oxygen atoms in total. The largest absolute Gasteiger partial charge is 0.393 e. The van der Waals surface area contributed by atoms with Gasteiger partial charge in [0.05, 0.1) is 6.10 Å². The van der Waals surface area contributed by atoms with E-state index in [1.165, 1.54) is 25.7 Å². The molecule has 1 rings (SSSR count). The summed E-state index contributed by atoms with van der Waals surface area (Å²) < 4.78 is 0. The van der Waals surface area contributed by atoms with Crippen molar-refractivity contribution in [1.29, 1.82) is 0 Å². The number of hydrogen-bond donors (Lipinski definition) is 1. The van der Waals surface area contributed by atoms with Gasteiger partial charge in [-0.05, 0) is 31.1 Å². The van der Waals surface area contributed by atoms with Crippen LogP contribution in [0.5, 0.6) is 0 Å². The molecule has 1 aliphatic rings. The smallest absolute Gasteiger partial charge is 0.0577 e. The van der Waals surface area contributed by atoms with E-state index in [1.807, 2.05) is 0 Å². The van der Waals surface area contributed by atoms with Crippen molar-refractivity contribution < 1.29 is 5.11 Å². The summed E-state index contributed by atoms with van der Waals surface area (Å²) in [5.74, 6) is 3.96. The molecule has 0 aromatic heterocycles. The molecular weight excluding hydrogens is 160 g/mol. The Labute approximate surface area is 81.5 Å². The van der Waals surface area contributed by atoms with Crippen molar-refractivity contribution >= 4 is 0 Å². The Morgan fingerprint density at radius 2 is 2.00 bits per heavy atom. The highest BCUT2D eigenvalue weighted by Crippen LogP contribution is 2.31. The van der Waals surface area contributed by atoms with Crippen molar-refractivity contribution in [1.82, 2.24) is 0 Å². The van der Waals surface area contributed by atoms with E-state index < -0.39 is 0 Å². The summed E-state index contributed by atoms with van der Waals surface area (Å²) >= 11 is 0. The molecule has 0 aliphatic heterocycles. The zero-order valence-electron chi connectivity index (χ0n) is 8.50. The fourth-order valence-corrected chi connectivity index (χ4v) is 2.14. The molecule has 0 bridgehead atoms. The minimum Gasteiger partial charge on any atom is -0.393 e. The maximum absolute atomic E-state index is 9.80. The Morgan fingerprint density at radius 3 is 2.54 bits per heavy atom. The quantitative estimate of drug-likeness (QED) is 0.662. The predicted octanol–water partition coefficient (Wildman–Crippen LogP) is 2.59. The normalized spacial score (nSPS) is 30.8. The molecule has 0 radical (unpaired) electrons. The number of terminal acetylenes is 1. The molecule has 1 N–H and O–H groups in total. The van der Waals surface area contributed by atoms with Crippen molar-refractivity contribution in [2.45, 2.75) is 51.6 Å². The maximum atomic E-state index is 9.80. The molecule has 1 aliphatic carbocycles. The first-order valence-corrected chi connectivity index (χ1v) is 5.35. The lowest BCUT2D eigenvalue weighted by Crippen LogP contribution is -2.24. The van der Waals surface area contributed by atoms with Gasteiger partial charge in [-0.2, -0.15) is 0 Å². The molecular formula is C12H20O. The Morgan fingerprint density at radius 1 is 1.38 bits per heavy atom. The first-order valence-electron chi connectivity index (χ1n) is 5.35. The van der Waals surface area contributed by atoms with E-state index in [0.717, 1.165) is 12.3 Å². The Balaban J connectivity index is 2.24. The summed E-state index contributed by atoms with van der Waals surface area (Å²) in [6.45, 7) is 2.30. The van der Waals surface area contributed by atoms with Crippen molar-refractivity contribution in [3.8, 4) is 12.3 Å². The van der Waals surface area contributed by atoms with Crippen LogP contribution < -0.4 is 0 Å². The summed E-state index contributed by atoms with van der Waals surface area (Å²) in [6, 6.07) is 0. The van der Waals surface area contributed by atoms with Crippen LogP contribution >= 0.6 is 0 Å². The summed E-state index contributed by atoms with van der Waals surface area (Å²) in [7, 11) is 0. The third kappa shape index (κ3) is 3.40. The van der Waals surface area contributed by atoms with E-state index in [9.17, 15) is 5.11 Å². The molecule has 0 aromatic carbocycles. The van der Waals surface area contributed by atoms with Crippen molar-refractivity contribution in [3.63, 3.8) is 0 Å². The molecule has 1 saturated carbocycles. The summed E-state index contributed by atoms with van der Waals surface area (Å²) in [6.07, 6.45) is 11.4. The molecule has 0 heterocycles. The van der Waals surface area contributed by atoms with Gasteiger partial charge in [-0.1, -0.05) is 19.8 Å². The van der Waals surface area contributed by atoms with Crippen LogP contribution in [0.25, 0.3) is 0 Å². The highest BCUT2D eigenvalue weighted by molar-refractivity contribution is 4.86. The van der Waals surface area contributed by atoms with Crippen molar-refractivity contribution in [2.75, 3.05) is 0 Å². The summed E-state index contributed by atoms with van der Waals surface area (Å²) in [4.78, 5) is 0. The monoisotopic (exact) mass is 180 g/mol. The fourth-order valence-electron chi connectivity index (χ4n) is 2.14. The van der Waals surface area contributed by atoms with Crippen LogP contribution in [0.4, 0.5) is 0 Å². The molecule has 13 heavy (non-hydrogen) atoms. The van der Waals surface area contributed by atoms with Gasteiger partial charge in [0.1, 0.15) is 0 Å². The topological polar surface area (TPSA) is 20.2 Å². The third-order valence-corrected chi connectivity index (χ3v) is 3.19. The average molecular weight is 180 g/mol. The zero-order chi connectivity index (χ0) is 9.68. The fraction of sp³-hybridized carbons (Fsp3) is 0.833. The van der Waals surface area contributed by atoms with Gasteiger partial charge in [0, 0.05) is 6.42 Å². The highest BCUT2D eigenvalue weighted by Gasteiger charge is 2.23. The SMILES string of the molecule is C#CCCC(O)C1CCC(C)CC1. The van der Waals surface area contributed by atoms with Crippen LogP contribution in [0.3, 0.4) is 0 Å². The Hall–Kier alpha value is -0.480. The lowest BCUT2D eigenvalue weighted by atomic mass is 9.79. The summed E-state index contributed by atoms with van der Waals surface area (Å²) in [5.41, 5.74) is 0. The molecule has 0 spiro atoms. The number of aliphatic hydroxyl groups is 1. The first-order chi connectivity index (χ1) is 6.24. The van der Waals surface area contributed by atoms with E-state index in [-0.39, 0.29) is 6.10 Å². The van der Waals surface area contributed by atoms with Gasteiger partial charge in [-0.15, -0.1) is 12.3 Å². The van der Waals surface area contributed by atoms with Crippen molar-refractivity contribution in [3.05, 3.63) is 0 Å². The van der Waals surface area contributed by atoms with Gasteiger partial charge in [0.2, 0.25) is 0 Å². The van der Waals surface area contributed by atoms with Gasteiger partial charge < -0.3 is 5.11 Å². The van der Waals surface area contributed by atoms with Crippen LogP contribution in [0.2, 0.25) is 0 Å². The standard InChI is InChI=1S/C12H20O/c1-3-4-5-12(13)11-8-6-10(2)7-9-11/h1,10-13H,4-9H2,2H3. The second kappa shape index (κ2) is 5.29. The average Bonchev–Trinajstić information content (AvgIpc) is 2.15. The number of aliphatic hydroxyl groups excluding tert-OH is 1. The van der Waals surface area contributed by atoms with Gasteiger partial charge in [0.25, 0.3) is 0 Å². The minimum absolute atomic E-state index is 0.149. The number of rotatable bonds is 3. The molecule has 0 saturated heterocycles. The second-order valence-electron chi connectivity index (χ2n) is 4.33. The maximum Gasteiger partial charge on any atom is 0.0577 e. The van der Waals surface area contributed by atoms with Crippen LogP contribution in [0, 0.1) is 24.2 Å². The number of hydrogen-bond acceptors (Lipinski definition) is 1. The Kier molecular flexibility index (Phi) is 4.32. The highest BCUT2D eigenvalue weighted by atomic mass is 16.3.